The second-order valence-electron chi connectivity index (χ2n) is 8.16. The fourth-order valence-corrected chi connectivity index (χ4v) is 4.32. The van der Waals surface area contributed by atoms with Crippen LogP contribution >= 0.6 is 24.8 Å². The van der Waals surface area contributed by atoms with E-state index >= 15 is 0 Å². The number of anilines is 1. The molecule has 180 valence electrons. The summed E-state index contributed by atoms with van der Waals surface area (Å²) in [5.74, 6) is 0.781. The minimum absolute atomic E-state index is 0. The van der Waals surface area contributed by atoms with Crippen LogP contribution in [-0.2, 0) is 16.6 Å². The van der Waals surface area contributed by atoms with E-state index in [-0.39, 0.29) is 43.0 Å². The maximum absolute atomic E-state index is 12.0. The van der Waals surface area contributed by atoms with Gasteiger partial charge in [0.15, 0.2) is 0 Å². The molecule has 1 aliphatic rings. The van der Waals surface area contributed by atoms with Gasteiger partial charge in [0.25, 0.3) is 0 Å². The van der Waals surface area contributed by atoms with Crippen molar-refractivity contribution in [2.45, 2.75) is 51.4 Å². The fourth-order valence-electron chi connectivity index (χ4n) is 3.82. The molecule has 3 rings (SSSR count). The lowest BCUT2D eigenvalue weighted by atomic mass is 9.92. The minimum Gasteiger partial charge on any atom is -0.491 e. The van der Waals surface area contributed by atoms with Crippen LogP contribution in [0.15, 0.2) is 48.5 Å². The highest BCUT2D eigenvalue weighted by Crippen LogP contribution is 2.29. The van der Waals surface area contributed by atoms with Crippen LogP contribution < -0.4 is 19.7 Å². The Bertz CT molecular complexity index is 943. The van der Waals surface area contributed by atoms with Crippen LogP contribution in [0.25, 0.3) is 0 Å². The first-order valence-corrected chi connectivity index (χ1v) is 12.4. The Labute approximate surface area is 205 Å². The van der Waals surface area contributed by atoms with Gasteiger partial charge in [0.2, 0.25) is 10.0 Å². The third kappa shape index (κ3) is 7.52. The molecule has 9 heteroatoms. The van der Waals surface area contributed by atoms with Crippen LogP contribution in [0.1, 0.15) is 43.9 Å². The van der Waals surface area contributed by atoms with Gasteiger partial charge in [-0.1, -0.05) is 30.3 Å². The zero-order valence-electron chi connectivity index (χ0n) is 19.1. The molecule has 1 saturated heterocycles. The summed E-state index contributed by atoms with van der Waals surface area (Å²) in [6.45, 7) is 5.59. The van der Waals surface area contributed by atoms with Crippen LogP contribution in [0.2, 0.25) is 0 Å². The zero-order valence-corrected chi connectivity index (χ0v) is 21.5. The second-order valence-corrected chi connectivity index (χ2v) is 10.2. The van der Waals surface area contributed by atoms with Gasteiger partial charge in [-0.15, -0.1) is 24.8 Å². The van der Waals surface area contributed by atoms with Gasteiger partial charge in [-0.2, -0.15) is 0 Å². The number of hydrogen-bond acceptors (Lipinski definition) is 5. The Morgan fingerprint density at radius 2 is 1.84 bits per heavy atom. The molecule has 0 bridgehead atoms. The monoisotopic (exact) mass is 503 g/mol. The van der Waals surface area contributed by atoms with Crippen molar-refractivity contribution in [2.24, 2.45) is 0 Å². The van der Waals surface area contributed by atoms with Gasteiger partial charge in [0.05, 0.1) is 18.0 Å². The first kappa shape index (κ1) is 28.5. The average Bonchev–Trinajstić information content (AvgIpc) is 2.72. The molecule has 6 nitrogen and oxygen atoms in total. The van der Waals surface area contributed by atoms with Gasteiger partial charge in [-0.3, -0.25) is 4.31 Å². The van der Waals surface area contributed by atoms with Crippen LogP contribution in [0, 0.1) is 0 Å². The van der Waals surface area contributed by atoms with Gasteiger partial charge < -0.3 is 15.4 Å². The topological polar surface area (TPSA) is 70.7 Å². The van der Waals surface area contributed by atoms with E-state index in [9.17, 15) is 8.42 Å². The molecule has 2 atom stereocenters. The number of halogens is 2. The van der Waals surface area contributed by atoms with Crippen molar-refractivity contribution < 1.29 is 13.2 Å². The maximum atomic E-state index is 12.0. The molecule has 0 radical (unpaired) electrons. The van der Waals surface area contributed by atoms with Crippen molar-refractivity contribution in [3.63, 3.8) is 0 Å². The van der Waals surface area contributed by atoms with Crippen LogP contribution in [0.4, 0.5) is 5.69 Å². The van der Waals surface area contributed by atoms with E-state index in [1.54, 1.807) is 13.1 Å². The highest BCUT2D eigenvalue weighted by Gasteiger charge is 2.26. The minimum atomic E-state index is -3.33. The molecule has 0 amide bonds. The van der Waals surface area contributed by atoms with Crippen molar-refractivity contribution in [3.8, 4) is 5.75 Å². The van der Waals surface area contributed by atoms with Crippen molar-refractivity contribution in [1.82, 2.24) is 10.6 Å². The van der Waals surface area contributed by atoms with Crippen molar-refractivity contribution in [3.05, 3.63) is 59.7 Å². The fraction of sp³-hybridized carbons (Fsp3) is 0.478. The summed E-state index contributed by atoms with van der Waals surface area (Å²) in [6, 6.07) is 16.6. The molecule has 0 unspecified atom stereocenters. The molecular formula is C23H35Cl2N3O3S. The number of nitrogens with one attached hydrogen (secondary N) is 2. The Balaban J connectivity index is 0.00000256. The maximum Gasteiger partial charge on any atom is 0.231 e. The Morgan fingerprint density at radius 3 is 2.47 bits per heavy atom. The van der Waals surface area contributed by atoms with Crippen molar-refractivity contribution >= 4 is 40.5 Å². The molecule has 0 saturated carbocycles. The second kappa shape index (κ2) is 12.7. The van der Waals surface area contributed by atoms with Crippen LogP contribution in [-0.4, -0.2) is 40.4 Å². The van der Waals surface area contributed by atoms with E-state index in [2.05, 4.69) is 34.9 Å². The first-order chi connectivity index (χ1) is 14.3. The summed E-state index contributed by atoms with van der Waals surface area (Å²) >= 11 is 0. The van der Waals surface area contributed by atoms with E-state index in [0.29, 0.717) is 12.2 Å². The van der Waals surface area contributed by atoms with Crippen molar-refractivity contribution in [1.29, 1.82) is 0 Å². The number of hydrogen-bond donors (Lipinski definition) is 2. The number of rotatable bonds is 8. The van der Waals surface area contributed by atoms with Gasteiger partial charge >= 0.3 is 0 Å². The summed E-state index contributed by atoms with van der Waals surface area (Å²) in [7, 11) is -1.76. The third-order valence-electron chi connectivity index (χ3n) is 5.44. The first-order valence-electron chi connectivity index (χ1n) is 10.5. The SMILES string of the molecule is CC(C)Oc1ccc(N(C)S(C)(=O)=O)cc1CN[C@H]1CCCN[C@H]1c1ccccc1.Cl.Cl. The summed E-state index contributed by atoms with van der Waals surface area (Å²) < 4.78 is 31.3. The molecular weight excluding hydrogens is 469 g/mol. The number of ether oxygens (including phenoxy) is 1. The van der Waals surface area contributed by atoms with Crippen LogP contribution in [0.3, 0.4) is 0 Å². The van der Waals surface area contributed by atoms with Gasteiger partial charge in [0.1, 0.15) is 5.75 Å². The number of sulfonamides is 1. The molecule has 0 aliphatic carbocycles. The highest BCUT2D eigenvalue weighted by atomic mass is 35.5. The Morgan fingerprint density at radius 1 is 1.16 bits per heavy atom. The van der Waals surface area contributed by atoms with E-state index in [1.807, 2.05) is 32.0 Å². The summed E-state index contributed by atoms with van der Waals surface area (Å²) in [5.41, 5.74) is 2.86. The molecule has 1 fully saturated rings. The predicted octanol–water partition coefficient (Wildman–Crippen LogP) is 4.30. The summed E-state index contributed by atoms with van der Waals surface area (Å²) in [4.78, 5) is 0. The number of benzene rings is 2. The lowest BCUT2D eigenvalue weighted by molar-refractivity contribution is 0.238. The number of nitrogens with zero attached hydrogens (tertiary/aromatic N) is 1. The molecule has 2 aromatic carbocycles. The van der Waals surface area contributed by atoms with Gasteiger partial charge in [-0.05, 0) is 57.0 Å². The molecule has 0 spiro atoms. The largest absolute Gasteiger partial charge is 0.491 e. The lowest BCUT2D eigenvalue weighted by Gasteiger charge is -2.34. The quantitative estimate of drug-likeness (QED) is 0.561. The molecule has 32 heavy (non-hydrogen) atoms. The van der Waals surface area contributed by atoms with Gasteiger partial charge in [0, 0.05) is 31.2 Å². The number of piperidine rings is 1. The third-order valence-corrected chi connectivity index (χ3v) is 6.65. The smallest absolute Gasteiger partial charge is 0.231 e. The van der Waals surface area contributed by atoms with E-state index < -0.39 is 10.0 Å². The average molecular weight is 505 g/mol. The standard InChI is InChI=1S/C23H33N3O3S.2ClH/c1-17(2)29-22-13-12-20(26(3)30(4,27)28)15-19(22)16-25-21-11-8-14-24-23(21)18-9-6-5-7-10-18;;/h5-7,9-10,12-13,15,17,21,23-25H,8,11,14,16H2,1-4H3;2*1H/t21-,23-;;/m0../s1. The Kier molecular flexibility index (Phi) is 11.3. The van der Waals surface area contributed by atoms with Crippen LogP contribution in [0.5, 0.6) is 5.75 Å². The molecule has 1 heterocycles. The molecule has 1 aliphatic heterocycles. The highest BCUT2D eigenvalue weighted by molar-refractivity contribution is 7.92. The predicted molar refractivity (Wildman–Crippen MR) is 137 cm³/mol. The Hall–Kier alpha value is -1.51. The van der Waals surface area contributed by atoms with E-state index in [1.165, 1.54) is 16.1 Å². The normalized spacial score (nSPS) is 18.4. The molecule has 2 N–H and O–H groups in total. The molecule has 2 aromatic rings. The van der Waals surface area contributed by atoms with E-state index in [4.69, 9.17) is 4.74 Å². The van der Waals surface area contributed by atoms with E-state index in [0.717, 1.165) is 30.7 Å². The van der Waals surface area contributed by atoms with Crippen molar-refractivity contribution in [2.75, 3.05) is 24.2 Å². The lowest BCUT2D eigenvalue weighted by Crippen LogP contribution is -2.45. The summed E-state index contributed by atoms with van der Waals surface area (Å²) in [6.07, 6.45) is 3.45. The van der Waals surface area contributed by atoms with Gasteiger partial charge in [-0.25, -0.2) is 8.42 Å². The summed E-state index contributed by atoms with van der Waals surface area (Å²) in [5, 5.41) is 7.33. The molecule has 0 aromatic heterocycles. The zero-order chi connectivity index (χ0) is 21.7.